The molecule has 3 rings (SSSR count). The van der Waals surface area contributed by atoms with Gasteiger partial charge in [-0.1, -0.05) is 29.4 Å². The topological polar surface area (TPSA) is 69.6 Å². The lowest BCUT2D eigenvalue weighted by Crippen LogP contribution is -2.08. The molecule has 2 aromatic heterocycles. The molecule has 0 atom stereocenters. The van der Waals surface area contributed by atoms with Crippen LogP contribution >= 0.6 is 23.4 Å². The molecule has 19 heavy (non-hydrogen) atoms. The van der Waals surface area contributed by atoms with Gasteiger partial charge >= 0.3 is 0 Å². The smallest absolute Gasteiger partial charge is 0.191 e. The molecule has 2 N–H and O–H groups in total. The molecule has 0 aromatic carbocycles. The zero-order valence-electron chi connectivity index (χ0n) is 10.3. The van der Waals surface area contributed by atoms with Crippen LogP contribution in [0.3, 0.4) is 0 Å². The molecule has 2 heterocycles. The molecule has 7 heteroatoms. The third-order valence-corrected chi connectivity index (χ3v) is 4.14. The largest absolute Gasteiger partial charge is 0.324 e. The highest BCUT2D eigenvalue weighted by Crippen LogP contribution is 2.39. The van der Waals surface area contributed by atoms with Crippen LogP contribution in [-0.4, -0.2) is 19.7 Å². The Morgan fingerprint density at radius 2 is 2.21 bits per heavy atom. The second kappa shape index (κ2) is 5.48. The molecule has 0 unspecified atom stereocenters. The van der Waals surface area contributed by atoms with Gasteiger partial charge in [0.15, 0.2) is 5.16 Å². The molecule has 0 saturated heterocycles. The Labute approximate surface area is 120 Å². The number of hydrogen-bond donors (Lipinski definition) is 1. The van der Waals surface area contributed by atoms with Crippen LogP contribution in [0.2, 0.25) is 5.15 Å². The fraction of sp³-hybridized carbons (Fsp3) is 0.417. The second-order valence-electron chi connectivity index (χ2n) is 4.44. The lowest BCUT2D eigenvalue weighted by molar-refractivity contribution is 0.626. The van der Waals surface area contributed by atoms with Crippen molar-refractivity contribution in [3.8, 4) is 0 Å². The summed E-state index contributed by atoms with van der Waals surface area (Å²) >= 11 is 7.50. The lowest BCUT2D eigenvalue weighted by atomic mass is 10.4. The maximum absolute atomic E-state index is 5.87. The second-order valence-corrected chi connectivity index (χ2v) is 5.77. The Kier molecular flexibility index (Phi) is 3.72. The maximum Gasteiger partial charge on any atom is 0.191 e. The summed E-state index contributed by atoms with van der Waals surface area (Å²) in [6.07, 6.45) is 2.38. The fourth-order valence-electron chi connectivity index (χ4n) is 1.91. The summed E-state index contributed by atoms with van der Waals surface area (Å²) in [5.74, 6) is 1.60. The van der Waals surface area contributed by atoms with Gasteiger partial charge in [0.05, 0.1) is 12.2 Å². The molecule has 100 valence electrons. The Bertz CT molecular complexity index is 581. The fourth-order valence-corrected chi connectivity index (χ4v) is 3.02. The van der Waals surface area contributed by atoms with E-state index in [1.165, 1.54) is 12.8 Å². The van der Waals surface area contributed by atoms with Gasteiger partial charge in [0.2, 0.25) is 0 Å². The predicted molar refractivity (Wildman–Crippen MR) is 75.0 cm³/mol. The summed E-state index contributed by atoms with van der Waals surface area (Å²) in [4.78, 5) is 4.27. The monoisotopic (exact) mass is 295 g/mol. The van der Waals surface area contributed by atoms with Crippen molar-refractivity contribution in [2.45, 2.75) is 36.3 Å². The van der Waals surface area contributed by atoms with Crippen molar-refractivity contribution in [2.24, 2.45) is 5.73 Å². The third-order valence-electron chi connectivity index (χ3n) is 2.95. The molecular formula is C12H14ClN5S. The number of nitrogens with two attached hydrogens (primary N) is 1. The van der Waals surface area contributed by atoms with Gasteiger partial charge in [0.25, 0.3) is 0 Å². The molecule has 1 aliphatic rings. The van der Waals surface area contributed by atoms with Crippen molar-refractivity contribution in [2.75, 3.05) is 0 Å². The van der Waals surface area contributed by atoms with E-state index in [-0.39, 0.29) is 0 Å². The standard InChI is InChI=1S/C12H14ClN5S/c13-10-3-1-2-8(15-10)7-19-12-17-16-11(6-14)18(12)9-4-5-9/h1-3,9H,4-7,14H2. The molecular weight excluding hydrogens is 282 g/mol. The van der Waals surface area contributed by atoms with E-state index in [4.69, 9.17) is 17.3 Å². The molecule has 0 radical (unpaired) electrons. The molecule has 1 saturated carbocycles. The van der Waals surface area contributed by atoms with Gasteiger partial charge in [0.1, 0.15) is 11.0 Å². The molecule has 1 fully saturated rings. The minimum atomic E-state index is 0.430. The van der Waals surface area contributed by atoms with E-state index in [1.807, 2.05) is 12.1 Å². The Hall–Kier alpha value is -1.11. The first-order valence-electron chi connectivity index (χ1n) is 6.16. The number of aromatic nitrogens is 4. The van der Waals surface area contributed by atoms with Gasteiger partial charge in [-0.25, -0.2) is 4.98 Å². The highest BCUT2D eigenvalue weighted by atomic mass is 35.5. The number of pyridine rings is 1. The minimum Gasteiger partial charge on any atom is -0.324 e. The minimum absolute atomic E-state index is 0.430. The maximum atomic E-state index is 5.87. The highest BCUT2D eigenvalue weighted by Gasteiger charge is 2.29. The first-order chi connectivity index (χ1) is 9.28. The summed E-state index contributed by atoms with van der Waals surface area (Å²) in [7, 11) is 0. The van der Waals surface area contributed by atoms with E-state index in [9.17, 15) is 0 Å². The molecule has 0 spiro atoms. The molecule has 0 bridgehead atoms. The summed E-state index contributed by atoms with van der Waals surface area (Å²) < 4.78 is 2.16. The van der Waals surface area contributed by atoms with Crippen LogP contribution in [0.5, 0.6) is 0 Å². The van der Waals surface area contributed by atoms with Gasteiger partial charge in [-0.15, -0.1) is 10.2 Å². The van der Waals surface area contributed by atoms with E-state index in [2.05, 4.69) is 19.7 Å². The van der Waals surface area contributed by atoms with Gasteiger partial charge in [-0.3, -0.25) is 0 Å². The van der Waals surface area contributed by atoms with Gasteiger partial charge in [-0.2, -0.15) is 0 Å². The van der Waals surface area contributed by atoms with Crippen LogP contribution in [0.1, 0.15) is 30.4 Å². The number of nitrogens with zero attached hydrogens (tertiary/aromatic N) is 4. The van der Waals surface area contributed by atoms with Crippen molar-refractivity contribution in [1.82, 2.24) is 19.7 Å². The van der Waals surface area contributed by atoms with Crippen molar-refractivity contribution >= 4 is 23.4 Å². The van der Waals surface area contributed by atoms with Crippen LogP contribution in [-0.2, 0) is 12.3 Å². The molecule has 5 nitrogen and oxygen atoms in total. The Balaban J connectivity index is 1.75. The lowest BCUT2D eigenvalue weighted by Gasteiger charge is -2.07. The average Bonchev–Trinajstić information content (AvgIpc) is 3.17. The first-order valence-corrected chi connectivity index (χ1v) is 7.52. The Morgan fingerprint density at radius 3 is 2.89 bits per heavy atom. The van der Waals surface area contributed by atoms with Crippen LogP contribution in [0.25, 0.3) is 0 Å². The number of halogens is 1. The summed E-state index contributed by atoms with van der Waals surface area (Å²) in [5.41, 5.74) is 6.64. The van der Waals surface area contributed by atoms with Crippen molar-refractivity contribution in [1.29, 1.82) is 0 Å². The van der Waals surface area contributed by atoms with Crippen LogP contribution in [0, 0.1) is 0 Å². The van der Waals surface area contributed by atoms with E-state index in [0.717, 1.165) is 22.4 Å². The molecule has 0 amide bonds. The van der Waals surface area contributed by atoms with E-state index >= 15 is 0 Å². The normalized spacial score (nSPS) is 14.8. The highest BCUT2D eigenvalue weighted by molar-refractivity contribution is 7.98. The van der Waals surface area contributed by atoms with Gasteiger partial charge in [0, 0.05) is 11.8 Å². The van der Waals surface area contributed by atoms with Crippen LogP contribution in [0.15, 0.2) is 23.4 Å². The molecule has 0 aliphatic heterocycles. The van der Waals surface area contributed by atoms with Gasteiger partial charge < -0.3 is 10.3 Å². The van der Waals surface area contributed by atoms with E-state index in [0.29, 0.717) is 17.7 Å². The van der Waals surface area contributed by atoms with Crippen LogP contribution < -0.4 is 5.73 Å². The zero-order chi connectivity index (χ0) is 13.2. The number of rotatable bonds is 5. The third kappa shape index (κ3) is 2.91. The van der Waals surface area contributed by atoms with Crippen molar-refractivity contribution in [3.05, 3.63) is 34.9 Å². The van der Waals surface area contributed by atoms with E-state index in [1.54, 1.807) is 17.8 Å². The summed E-state index contributed by atoms with van der Waals surface area (Å²) in [6.45, 7) is 0.430. The van der Waals surface area contributed by atoms with E-state index < -0.39 is 0 Å². The molecule has 1 aliphatic carbocycles. The average molecular weight is 296 g/mol. The zero-order valence-corrected chi connectivity index (χ0v) is 11.9. The van der Waals surface area contributed by atoms with Gasteiger partial charge in [-0.05, 0) is 25.0 Å². The molecule has 2 aromatic rings. The van der Waals surface area contributed by atoms with Crippen LogP contribution in [0.4, 0.5) is 0 Å². The summed E-state index contributed by atoms with van der Waals surface area (Å²) in [5, 5.41) is 9.81. The first kappa shape index (κ1) is 12.9. The van der Waals surface area contributed by atoms with Crippen molar-refractivity contribution < 1.29 is 0 Å². The Morgan fingerprint density at radius 1 is 1.37 bits per heavy atom. The van der Waals surface area contributed by atoms with Crippen molar-refractivity contribution in [3.63, 3.8) is 0 Å². The quantitative estimate of drug-likeness (QED) is 0.677. The number of thioether (sulfide) groups is 1. The predicted octanol–water partition coefficient (Wildman–Crippen LogP) is 2.41. The number of hydrogen-bond acceptors (Lipinski definition) is 5. The SMILES string of the molecule is NCc1nnc(SCc2cccc(Cl)n2)n1C1CC1. The summed E-state index contributed by atoms with van der Waals surface area (Å²) in [6, 6.07) is 6.17.